The summed E-state index contributed by atoms with van der Waals surface area (Å²) in [5.74, 6) is -0.186. The van der Waals surface area contributed by atoms with Crippen molar-refractivity contribution in [3.63, 3.8) is 0 Å². The first-order valence-electron chi connectivity index (χ1n) is 6.00. The predicted molar refractivity (Wildman–Crippen MR) is 78.9 cm³/mol. The van der Waals surface area contributed by atoms with Crippen LogP contribution in [0.15, 0.2) is 23.1 Å². The molecule has 0 spiro atoms. The molecule has 112 valence electrons. The van der Waals surface area contributed by atoms with Crippen molar-refractivity contribution in [3.8, 4) is 0 Å². The van der Waals surface area contributed by atoms with E-state index < -0.39 is 16.1 Å². The molecule has 4 N–H and O–H groups in total. The molecule has 1 unspecified atom stereocenters. The van der Waals surface area contributed by atoms with Crippen LogP contribution in [0.2, 0.25) is 0 Å². The Morgan fingerprint density at radius 2 is 1.95 bits per heavy atom. The van der Waals surface area contributed by atoms with E-state index in [4.69, 9.17) is 5.73 Å². The molecule has 0 saturated heterocycles. The lowest BCUT2D eigenvalue weighted by Crippen LogP contribution is -2.35. The minimum absolute atomic E-state index is 0.109. The Balaban J connectivity index is 3.04. The van der Waals surface area contributed by atoms with Crippen LogP contribution in [0.3, 0.4) is 0 Å². The zero-order valence-electron chi connectivity index (χ0n) is 12.0. The maximum atomic E-state index is 12.0. The van der Waals surface area contributed by atoms with Gasteiger partial charge in [0.05, 0.1) is 16.3 Å². The Labute approximate surface area is 119 Å². The second-order valence-electron chi connectivity index (χ2n) is 4.52. The van der Waals surface area contributed by atoms with Gasteiger partial charge in [-0.1, -0.05) is 0 Å². The third-order valence-electron chi connectivity index (χ3n) is 2.81. The second-order valence-corrected chi connectivity index (χ2v) is 6.67. The van der Waals surface area contributed by atoms with Gasteiger partial charge in [-0.3, -0.25) is 4.79 Å². The average Bonchev–Trinajstić information content (AvgIpc) is 2.39. The number of nitrogens with one attached hydrogen (secondary N) is 2. The molecule has 0 aliphatic carbocycles. The van der Waals surface area contributed by atoms with Gasteiger partial charge in [-0.25, -0.2) is 12.7 Å². The first-order chi connectivity index (χ1) is 9.20. The lowest BCUT2D eigenvalue weighted by molar-refractivity contribution is -0.121. The van der Waals surface area contributed by atoms with Crippen LogP contribution in [-0.2, 0) is 14.8 Å². The fourth-order valence-corrected chi connectivity index (χ4v) is 2.50. The summed E-state index contributed by atoms with van der Waals surface area (Å²) < 4.78 is 25.0. The number of nitrogens with two attached hydrogens (primary N) is 1. The number of carbonyl (C=O) groups is 1. The van der Waals surface area contributed by atoms with E-state index in [0.29, 0.717) is 5.69 Å². The molecule has 0 saturated carbocycles. The third kappa shape index (κ3) is 3.40. The van der Waals surface area contributed by atoms with Gasteiger partial charge in [-0.2, -0.15) is 0 Å². The SMILES string of the molecule is CNC(=O)C(C)Nc1ccc(S(=O)(=O)N(C)C)cc1N. The number of nitrogens with zero attached hydrogens (tertiary/aromatic N) is 1. The van der Waals surface area contributed by atoms with E-state index in [0.717, 1.165) is 4.31 Å². The molecule has 8 heteroatoms. The lowest BCUT2D eigenvalue weighted by Gasteiger charge is -2.17. The lowest BCUT2D eigenvalue weighted by atomic mass is 10.2. The standard InChI is InChI=1S/C12H20N4O3S/c1-8(12(17)14-2)15-11-6-5-9(7-10(11)13)20(18,19)16(3)4/h5-8,15H,13H2,1-4H3,(H,14,17). The van der Waals surface area contributed by atoms with Crippen molar-refractivity contribution in [1.82, 2.24) is 9.62 Å². The number of hydrogen-bond donors (Lipinski definition) is 3. The van der Waals surface area contributed by atoms with Gasteiger partial charge < -0.3 is 16.4 Å². The Morgan fingerprint density at radius 1 is 1.35 bits per heavy atom. The molecule has 0 radical (unpaired) electrons. The topological polar surface area (TPSA) is 105 Å². The van der Waals surface area contributed by atoms with E-state index in [1.165, 1.54) is 33.3 Å². The molecule has 1 atom stereocenters. The fraction of sp³-hybridized carbons (Fsp3) is 0.417. The number of carbonyl (C=O) groups excluding carboxylic acids is 1. The Kier molecular flexibility index (Phi) is 4.96. The molecule has 1 aromatic rings. The fourth-order valence-electron chi connectivity index (χ4n) is 1.56. The second kappa shape index (κ2) is 6.10. The Hall–Kier alpha value is -1.80. The number of rotatable bonds is 5. The highest BCUT2D eigenvalue weighted by molar-refractivity contribution is 7.89. The molecule has 0 heterocycles. The minimum Gasteiger partial charge on any atom is -0.397 e. The zero-order chi connectivity index (χ0) is 15.5. The van der Waals surface area contributed by atoms with Crippen LogP contribution in [-0.4, -0.2) is 45.8 Å². The number of hydrogen-bond acceptors (Lipinski definition) is 5. The van der Waals surface area contributed by atoms with Crippen LogP contribution < -0.4 is 16.4 Å². The van der Waals surface area contributed by atoms with E-state index in [-0.39, 0.29) is 16.5 Å². The van der Waals surface area contributed by atoms with Gasteiger partial charge in [0.2, 0.25) is 15.9 Å². The molecule has 1 rings (SSSR count). The highest BCUT2D eigenvalue weighted by Gasteiger charge is 2.19. The van der Waals surface area contributed by atoms with Gasteiger partial charge in [-0.05, 0) is 25.1 Å². The van der Waals surface area contributed by atoms with Crippen LogP contribution in [0.5, 0.6) is 0 Å². The van der Waals surface area contributed by atoms with Crippen molar-refractivity contribution in [2.75, 3.05) is 32.2 Å². The number of benzene rings is 1. The average molecular weight is 300 g/mol. The van der Waals surface area contributed by atoms with Gasteiger partial charge in [0.1, 0.15) is 6.04 Å². The molecule has 0 aromatic heterocycles. The maximum absolute atomic E-state index is 12.0. The van der Waals surface area contributed by atoms with Gasteiger partial charge in [0, 0.05) is 21.1 Å². The molecule has 7 nitrogen and oxygen atoms in total. The Bertz CT molecular complexity index is 599. The summed E-state index contributed by atoms with van der Waals surface area (Å²) >= 11 is 0. The van der Waals surface area contributed by atoms with Gasteiger partial charge in [-0.15, -0.1) is 0 Å². The molecular weight excluding hydrogens is 280 g/mol. The number of nitrogen functional groups attached to an aromatic ring is 1. The quantitative estimate of drug-likeness (QED) is 0.667. The molecule has 1 aromatic carbocycles. The number of amides is 1. The first kappa shape index (κ1) is 16.3. The molecule has 0 bridgehead atoms. The number of anilines is 2. The van der Waals surface area contributed by atoms with Crippen molar-refractivity contribution in [1.29, 1.82) is 0 Å². The van der Waals surface area contributed by atoms with E-state index in [1.807, 2.05) is 0 Å². The summed E-state index contributed by atoms with van der Waals surface area (Å²) in [6, 6.07) is 3.89. The molecule has 20 heavy (non-hydrogen) atoms. The van der Waals surface area contributed by atoms with Crippen LogP contribution >= 0.6 is 0 Å². The van der Waals surface area contributed by atoms with Crippen molar-refractivity contribution < 1.29 is 13.2 Å². The number of sulfonamides is 1. The smallest absolute Gasteiger partial charge is 0.242 e. The van der Waals surface area contributed by atoms with Crippen molar-refractivity contribution in [3.05, 3.63) is 18.2 Å². The van der Waals surface area contributed by atoms with Crippen molar-refractivity contribution in [2.24, 2.45) is 0 Å². The third-order valence-corrected chi connectivity index (χ3v) is 4.62. The number of likely N-dealkylation sites (N-methyl/N-ethyl adjacent to an activating group) is 1. The molecule has 0 aliphatic rings. The molecule has 0 fully saturated rings. The van der Waals surface area contributed by atoms with Gasteiger partial charge >= 0.3 is 0 Å². The Morgan fingerprint density at radius 3 is 2.40 bits per heavy atom. The summed E-state index contributed by atoms with van der Waals surface area (Å²) in [6.07, 6.45) is 0. The highest BCUT2D eigenvalue weighted by Crippen LogP contribution is 2.24. The maximum Gasteiger partial charge on any atom is 0.242 e. The summed E-state index contributed by atoms with van der Waals surface area (Å²) in [7, 11) is 0.918. The largest absolute Gasteiger partial charge is 0.397 e. The van der Waals surface area contributed by atoms with Crippen molar-refractivity contribution >= 4 is 27.3 Å². The van der Waals surface area contributed by atoms with Crippen LogP contribution in [0, 0.1) is 0 Å². The summed E-state index contributed by atoms with van der Waals surface area (Å²) in [6.45, 7) is 1.68. The summed E-state index contributed by atoms with van der Waals surface area (Å²) in [5.41, 5.74) is 6.61. The summed E-state index contributed by atoms with van der Waals surface area (Å²) in [5, 5.41) is 5.43. The molecule has 1 amide bonds. The normalized spacial score (nSPS) is 13.1. The van der Waals surface area contributed by atoms with E-state index in [2.05, 4.69) is 10.6 Å². The minimum atomic E-state index is -3.52. The summed E-state index contributed by atoms with van der Waals surface area (Å²) in [4.78, 5) is 11.5. The van der Waals surface area contributed by atoms with E-state index in [9.17, 15) is 13.2 Å². The molecule has 0 aliphatic heterocycles. The van der Waals surface area contributed by atoms with Crippen LogP contribution in [0.25, 0.3) is 0 Å². The van der Waals surface area contributed by atoms with E-state index in [1.54, 1.807) is 13.0 Å². The van der Waals surface area contributed by atoms with Crippen molar-refractivity contribution in [2.45, 2.75) is 17.9 Å². The van der Waals surface area contributed by atoms with Gasteiger partial charge in [0.15, 0.2) is 0 Å². The van der Waals surface area contributed by atoms with Crippen LogP contribution in [0.1, 0.15) is 6.92 Å². The predicted octanol–water partition coefficient (Wildman–Crippen LogP) is 0.0655. The van der Waals surface area contributed by atoms with Gasteiger partial charge in [0.25, 0.3) is 0 Å². The van der Waals surface area contributed by atoms with Crippen LogP contribution in [0.4, 0.5) is 11.4 Å². The zero-order valence-corrected chi connectivity index (χ0v) is 12.8. The monoisotopic (exact) mass is 300 g/mol. The first-order valence-corrected chi connectivity index (χ1v) is 7.44. The molecular formula is C12H20N4O3S. The van der Waals surface area contributed by atoms with E-state index >= 15 is 0 Å². The highest BCUT2D eigenvalue weighted by atomic mass is 32.2.